The third-order valence-electron chi connectivity index (χ3n) is 3.36. The maximum atomic E-state index is 4.71. The number of hydrogen-bond acceptors (Lipinski definition) is 6. The van der Waals surface area contributed by atoms with Gasteiger partial charge < -0.3 is 5.32 Å². The van der Waals surface area contributed by atoms with Gasteiger partial charge in [0.1, 0.15) is 16.5 Å². The van der Waals surface area contributed by atoms with Crippen LogP contribution < -0.4 is 5.32 Å². The lowest BCUT2D eigenvalue weighted by molar-refractivity contribution is 0.766. The van der Waals surface area contributed by atoms with Crippen molar-refractivity contribution >= 4 is 39.1 Å². The number of thiophene rings is 1. The molecule has 3 aromatic heterocycles. The summed E-state index contributed by atoms with van der Waals surface area (Å²) in [6.45, 7) is 4.26. The highest BCUT2D eigenvalue weighted by atomic mass is 32.2. The number of fused-ring (bicyclic) bond motifs is 1. The van der Waals surface area contributed by atoms with Crippen molar-refractivity contribution in [3.8, 4) is 0 Å². The fourth-order valence-corrected chi connectivity index (χ4v) is 3.98. The molecule has 0 saturated carbocycles. The lowest BCUT2D eigenvalue weighted by atomic mass is 10.2. The van der Waals surface area contributed by atoms with E-state index >= 15 is 0 Å². The molecule has 0 aromatic carbocycles. The van der Waals surface area contributed by atoms with Crippen molar-refractivity contribution in [3.05, 3.63) is 28.7 Å². The number of aromatic nitrogens is 4. The van der Waals surface area contributed by atoms with Crippen LogP contribution in [0.1, 0.15) is 16.3 Å². The quantitative estimate of drug-likeness (QED) is 0.747. The average Bonchev–Trinajstić information content (AvgIpc) is 3.00. The van der Waals surface area contributed by atoms with Crippen LogP contribution in [-0.2, 0) is 12.8 Å². The number of anilines is 1. The number of hydrogen-bond donors (Lipinski definition) is 1. The van der Waals surface area contributed by atoms with Crippen LogP contribution in [0.5, 0.6) is 0 Å². The minimum absolute atomic E-state index is 0.742. The molecule has 7 heteroatoms. The average molecular weight is 319 g/mol. The maximum Gasteiger partial charge on any atom is 0.142 e. The van der Waals surface area contributed by atoms with Crippen LogP contribution in [0, 0.1) is 13.8 Å². The molecule has 0 radical (unpaired) electrons. The van der Waals surface area contributed by atoms with E-state index in [1.807, 2.05) is 26.5 Å². The van der Waals surface area contributed by atoms with Crippen molar-refractivity contribution in [2.24, 2.45) is 7.05 Å². The summed E-state index contributed by atoms with van der Waals surface area (Å²) in [5.41, 5.74) is 1.27. The molecule has 5 nitrogen and oxygen atoms in total. The molecule has 0 amide bonds. The first-order valence-corrected chi connectivity index (χ1v) is 8.44. The molecule has 3 rings (SSSR count). The Morgan fingerprint density at radius 1 is 1.33 bits per heavy atom. The molecule has 0 atom stereocenters. The van der Waals surface area contributed by atoms with Gasteiger partial charge in [0.15, 0.2) is 0 Å². The van der Waals surface area contributed by atoms with E-state index in [0.717, 1.165) is 32.5 Å². The van der Waals surface area contributed by atoms with Crippen LogP contribution in [0.25, 0.3) is 10.2 Å². The number of nitrogens with zero attached hydrogens (tertiary/aromatic N) is 4. The van der Waals surface area contributed by atoms with E-state index in [0.29, 0.717) is 0 Å². The molecule has 0 aliphatic heterocycles. The van der Waals surface area contributed by atoms with E-state index < -0.39 is 0 Å². The second-order valence-electron chi connectivity index (χ2n) is 4.84. The van der Waals surface area contributed by atoms with Crippen molar-refractivity contribution in [1.29, 1.82) is 0 Å². The molecule has 21 heavy (non-hydrogen) atoms. The molecule has 0 aliphatic rings. The van der Waals surface area contributed by atoms with Crippen LogP contribution in [-0.4, -0.2) is 26.8 Å². The minimum Gasteiger partial charge on any atom is -0.372 e. The number of aryl methyl sites for hydroxylation is 3. The molecular formula is C14H17N5S2. The molecule has 3 heterocycles. The second-order valence-corrected chi connectivity index (χ2v) is 7.09. The Labute approximate surface area is 131 Å². The first-order valence-electron chi connectivity index (χ1n) is 6.64. The monoisotopic (exact) mass is 319 g/mol. The zero-order valence-electron chi connectivity index (χ0n) is 12.5. The van der Waals surface area contributed by atoms with Gasteiger partial charge in [0.2, 0.25) is 0 Å². The highest BCUT2D eigenvalue weighted by molar-refractivity contribution is 7.98. The summed E-state index contributed by atoms with van der Waals surface area (Å²) in [6, 6.07) is 0. The fraction of sp³-hybridized carbons (Fsp3) is 0.357. The van der Waals surface area contributed by atoms with E-state index in [9.17, 15) is 0 Å². The Balaban J connectivity index is 1.92. The summed E-state index contributed by atoms with van der Waals surface area (Å²) in [5.74, 6) is 2.51. The summed E-state index contributed by atoms with van der Waals surface area (Å²) in [4.78, 5) is 12.8. The molecule has 1 N–H and O–H groups in total. The smallest absolute Gasteiger partial charge is 0.142 e. The summed E-state index contributed by atoms with van der Waals surface area (Å²) in [7, 11) is 3.83. The van der Waals surface area contributed by atoms with Crippen molar-refractivity contribution in [2.75, 3.05) is 12.4 Å². The summed E-state index contributed by atoms with van der Waals surface area (Å²) >= 11 is 3.43. The third kappa shape index (κ3) is 2.75. The van der Waals surface area contributed by atoms with Gasteiger partial charge in [0.25, 0.3) is 0 Å². The Morgan fingerprint density at radius 3 is 2.81 bits per heavy atom. The van der Waals surface area contributed by atoms with Gasteiger partial charge in [-0.1, -0.05) is 0 Å². The van der Waals surface area contributed by atoms with Gasteiger partial charge in [-0.15, -0.1) is 23.1 Å². The van der Waals surface area contributed by atoms with Crippen molar-refractivity contribution in [2.45, 2.75) is 24.5 Å². The Hall–Kier alpha value is -1.60. The van der Waals surface area contributed by atoms with Crippen LogP contribution in [0.4, 0.5) is 5.82 Å². The maximum absolute atomic E-state index is 4.71. The lowest BCUT2D eigenvalue weighted by Crippen LogP contribution is -1.99. The number of rotatable bonds is 4. The predicted molar refractivity (Wildman–Crippen MR) is 89.2 cm³/mol. The van der Waals surface area contributed by atoms with Gasteiger partial charge in [0.05, 0.1) is 17.3 Å². The van der Waals surface area contributed by atoms with E-state index in [1.54, 1.807) is 27.8 Å². The van der Waals surface area contributed by atoms with Gasteiger partial charge >= 0.3 is 0 Å². The molecule has 0 saturated heterocycles. The van der Waals surface area contributed by atoms with Gasteiger partial charge in [-0.05, 0) is 19.4 Å². The third-order valence-corrected chi connectivity index (χ3v) is 5.41. The van der Waals surface area contributed by atoms with E-state index in [-0.39, 0.29) is 0 Å². The largest absolute Gasteiger partial charge is 0.372 e. The molecule has 0 aliphatic carbocycles. The van der Waals surface area contributed by atoms with Crippen LogP contribution in [0.2, 0.25) is 0 Å². The van der Waals surface area contributed by atoms with Crippen LogP contribution in [0.3, 0.4) is 0 Å². The molecule has 110 valence electrons. The van der Waals surface area contributed by atoms with Gasteiger partial charge in [-0.2, -0.15) is 5.10 Å². The zero-order chi connectivity index (χ0) is 15.0. The highest BCUT2D eigenvalue weighted by Crippen LogP contribution is 2.33. The zero-order valence-corrected chi connectivity index (χ0v) is 14.1. The molecular weight excluding hydrogens is 302 g/mol. The van der Waals surface area contributed by atoms with Crippen molar-refractivity contribution in [1.82, 2.24) is 19.7 Å². The van der Waals surface area contributed by atoms with E-state index in [4.69, 9.17) is 4.98 Å². The minimum atomic E-state index is 0.742. The van der Waals surface area contributed by atoms with Crippen LogP contribution >= 0.6 is 23.1 Å². The molecule has 0 spiro atoms. The highest BCUT2D eigenvalue weighted by Gasteiger charge is 2.14. The lowest BCUT2D eigenvalue weighted by Gasteiger charge is -2.05. The van der Waals surface area contributed by atoms with E-state index in [1.165, 1.54) is 10.4 Å². The summed E-state index contributed by atoms with van der Waals surface area (Å²) in [6.07, 6.45) is 3.86. The molecule has 0 fully saturated rings. The first kappa shape index (κ1) is 14.3. The van der Waals surface area contributed by atoms with Crippen LogP contribution in [0.15, 0.2) is 17.3 Å². The molecule has 0 unspecified atom stereocenters. The van der Waals surface area contributed by atoms with Crippen molar-refractivity contribution in [3.63, 3.8) is 0 Å². The van der Waals surface area contributed by atoms with Crippen molar-refractivity contribution < 1.29 is 0 Å². The van der Waals surface area contributed by atoms with Gasteiger partial charge in [0, 0.05) is 30.1 Å². The normalized spacial score (nSPS) is 11.2. The Kier molecular flexibility index (Phi) is 3.86. The summed E-state index contributed by atoms with van der Waals surface area (Å²) in [5, 5.41) is 8.52. The van der Waals surface area contributed by atoms with E-state index in [2.05, 4.69) is 29.2 Å². The summed E-state index contributed by atoms with van der Waals surface area (Å²) < 4.78 is 1.80. The topological polar surface area (TPSA) is 55.6 Å². The number of nitrogens with one attached hydrogen (secondary N) is 1. The SMILES string of the molecule is CNc1nc(CSc2cnn(C)c2)nc2sc(C)c(C)c12. The standard InChI is InChI=1S/C14H17N5S2/c1-8-9(2)21-14-12(8)13(15-3)17-11(18-14)7-20-10-5-16-19(4)6-10/h5-6H,7H2,1-4H3,(H,15,17,18). The Bertz CT molecular complexity index is 790. The van der Waals surface area contributed by atoms with Gasteiger partial charge in [-0.25, -0.2) is 9.97 Å². The predicted octanol–water partition coefficient (Wildman–Crippen LogP) is 3.38. The molecule has 3 aromatic rings. The van der Waals surface area contributed by atoms with Gasteiger partial charge in [-0.3, -0.25) is 4.68 Å². The fourth-order valence-electron chi connectivity index (χ4n) is 2.16. The second kappa shape index (κ2) is 5.65. The Morgan fingerprint density at radius 2 is 2.14 bits per heavy atom. The number of thioether (sulfide) groups is 1. The first-order chi connectivity index (χ1) is 10.1. The molecule has 0 bridgehead atoms.